The Morgan fingerprint density at radius 3 is 2.15 bits per heavy atom. The number of nitrogens with one attached hydrogen (secondary N) is 2. The predicted molar refractivity (Wildman–Crippen MR) is 138 cm³/mol. The van der Waals surface area contributed by atoms with Gasteiger partial charge in [0.25, 0.3) is 5.91 Å². The van der Waals surface area contributed by atoms with Crippen molar-refractivity contribution in [1.82, 2.24) is 10.0 Å². The Balaban J connectivity index is 1.51. The monoisotopic (exact) mass is 500 g/mol. The molecule has 1 saturated heterocycles. The summed E-state index contributed by atoms with van der Waals surface area (Å²) in [4.78, 5) is 36.7. The van der Waals surface area contributed by atoms with Crippen LogP contribution in [0.1, 0.15) is 32.3 Å². The number of carbonyl (C=O) groups is 3. The second-order valence-electron chi connectivity index (χ2n) is 8.98. The minimum Gasteiger partial charge on any atom is -0.548 e. The van der Waals surface area contributed by atoms with E-state index in [2.05, 4.69) is 22.7 Å². The van der Waals surface area contributed by atoms with E-state index in [0.717, 1.165) is 16.7 Å². The summed E-state index contributed by atoms with van der Waals surface area (Å²) in [6, 6.07) is 16.5. The van der Waals surface area contributed by atoms with Crippen molar-refractivity contribution in [1.29, 1.82) is 0 Å². The highest BCUT2D eigenvalue weighted by Crippen LogP contribution is 2.22. The zero-order chi connectivity index (χ0) is 24.7. The maximum Gasteiger partial charge on any atom is 0.274 e. The Morgan fingerprint density at radius 1 is 1.00 bits per heavy atom. The van der Waals surface area contributed by atoms with Crippen LogP contribution in [-0.4, -0.2) is 40.6 Å². The van der Waals surface area contributed by atoms with Crippen LogP contribution in [0.25, 0.3) is 11.1 Å². The van der Waals surface area contributed by atoms with Crippen molar-refractivity contribution in [2.24, 2.45) is 11.8 Å². The van der Waals surface area contributed by atoms with E-state index >= 15 is 0 Å². The Morgan fingerprint density at radius 2 is 1.59 bits per heavy atom. The van der Waals surface area contributed by atoms with Gasteiger partial charge in [-0.2, -0.15) is 17.4 Å². The van der Waals surface area contributed by atoms with Gasteiger partial charge in [-0.25, -0.2) is 0 Å². The van der Waals surface area contributed by atoms with Crippen LogP contribution in [0.2, 0.25) is 0 Å². The van der Waals surface area contributed by atoms with E-state index in [-0.39, 0.29) is 46.4 Å². The number of aliphatic carboxylic acids is 1. The summed E-state index contributed by atoms with van der Waals surface area (Å²) in [7, 11) is 0. The molecule has 2 aromatic rings. The Hall–Kier alpha value is -2.45. The minimum atomic E-state index is -1.29. The number of thiol groups is 1. The average Bonchev–Trinajstić information content (AvgIpc) is 2.84. The Labute approximate surface area is 209 Å². The Kier molecular flexibility index (Phi) is 9.47. The fraction of sp³-hybridized carbons (Fsp3) is 0.423. The van der Waals surface area contributed by atoms with Crippen LogP contribution in [0.5, 0.6) is 0 Å². The molecule has 2 amide bonds. The standard InChI is InChI=1S/C26H32N2O4S2/c1-17(2)23(33)25(30)28-34-14-12-21(13-15-34)24(29)27-22(26(31)32)16-18-8-10-20(11-9-18)19-6-4-3-5-7-19/h3-11,17,21-23H,12-16H2,1-2H3,(H3-,27,28,29,30,31,32,33). The third kappa shape index (κ3) is 7.27. The third-order valence-electron chi connectivity index (χ3n) is 6.04. The topological polar surface area (TPSA) is 98.3 Å². The van der Waals surface area contributed by atoms with Gasteiger partial charge in [0.15, 0.2) is 0 Å². The molecule has 1 fully saturated rings. The summed E-state index contributed by atoms with van der Waals surface area (Å²) >= 11 is 4.08. The van der Waals surface area contributed by atoms with Crippen molar-refractivity contribution >= 4 is 41.5 Å². The number of hydrogen-bond donors (Lipinski definition) is 3. The second kappa shape index (κ2) is 12.3. The molecule has 0 saturated carbocycles. The third-order valence-corrected chi connectivity index (χ3v) is 8.82. The van der Waals surface area contributed by atoms with Crippen molar-refractivity contribution in [3.63, 3.8) is 0 Å². The fourth-order valence-electron chi connectivity index (χ4n) is 3.87. The highest BCUT2D eigenvalue weighted by molar-refractivity contribution is 7.95. The van der Waals surface area contributed by atoms with Gasteiger partial charge in [0.2, 0.25) is 5.91 Å². The average molecular weight is 501 g/mol. The van der Waals surface area contributed by atoms with Gasteiger partial charge >= 0.3 is 0 Å². The van der Waals surface area contributed by atoms with Gasteiger partial charge in [-0.15, -0.1) is 0 Å². The fourth-order valence-corrected chi connectivity index (χ4v) is 5.98. The molecular formula is C26H32N2O4S2. The number of carbonyl (C=O) groups excluding carboxylic acids is 3. The molecule has 2 aromatic carbocycles. The minimum absolute atomic E-state index is 0.0696. The molecule has 1 aliphatic rings. The van der Waals surface area contributed by atoms with E-state index < -0.39 is 12.0 Å². The van der Waals surface area contributed by atoms with E-state index in [1.54, 1.807) is 0 Å². The number of amides is 2. The zero-order valence-electron chi connectivity index (χ0n) is 19.5. The first-order chi connectivity index (χ1) is 16.2. The maximum absolute atomic E-state index is 12.8. The van der Waals surface area contributed by atoms with Crippen molar-refractivity contribution in [3.05, 3.63) is 60.2 Å². The van der Waals surface area contributed by atoms with Gasteiger partial charge in [-0.05, 0) is 29.0 Å². The zero-order valence-corrected chi connectivity index (χ0v) is 21.2. The lowest BCUT2D eigenvalue weighted by Gasteiger charge is -2.26. The summed E-state index contributed by atoms with van der Waals surface area (Å²) in [5, 5.41) is 14.0. The van der Waals surface area contributed by atoms with E-state index in [9.17, 15) is 19.5 Å². The molecule has 0 aromatic heterocycles. The van der Waals surface area contributed by atoms with Crippen LogP contribution in [0.3, 0.4) is 0 Å². The summed E-state index contributed by atoms with van der Waals surface area (Å²) in [5.74, 6) is -0.333. The molecular weight excluding hydrogens is 468 g/mol. The lowest BCUT2D eigenvalue weighted by atomic mass is 9.98. The number of benzene rings is 2. The molecule has 1 heterocycles. The van der Waals surface area contributed by atoms with Gasteiger partial charge in [-0.3, -0.25) is 9.59 Å². The number of rotatable bonds is 9. The molecule has 3 rings (SSSR count). The second-order valence-corrected chi connectivity index (χ2v) is 11.5. The van der Waals surface area contributed by atoms with Gasteiger partial charge in [0, 0.05) is 18.8 Å². The molecule has 0 spiro atoms. The largest absolute Gasteiger partial charge is 0.548 e. The van der Waals surface area contributed by atoms with Crippen LogP contribution in [0.4, 0.5) is 0 Å². The summed E-state index contributed by atoms with van der Waals surface area (Å²) in [6.07, 6.45) is 1.38. The molecule has 2 atom stereocenters. The smallest absolute Gasteiger partial charge is 0.274 e. The van der Waals surface area contributed by atoms with Crippen LogP contribution >= 0.6 is 12.6 Å². The van der Waals surface area contributed by atoms with Crippen LogP contribution in [-0.2, 0) is 31.9 Å². The van der Waals surface area contributed by atoms with Crippen molar-refractivity contribution in [3.8, 4) is 11.1 Å². The lowest BCUT2D eigenvalue weighted by molar-refractivity contribution is -0.308. The number of carboxylic acids is 1. The molecule has 34 heavy (non-hydrogen) atoms. The molecule has 0 radical (unpaired) electrons. The van der Waals surface area contributed by atoms with E-state index in [1.165, 1.54) is 0 Å². The normalized spacial score (nSPS) is 19.8. The molecule has 0 aliphatic carbocycles. The maximum atomic E-state index is 12.8. The van der Waals surface area contributed by atoms with Crippen molar-refractivity contribution in [2.75, 3.05) is 11.5 Å². The first-order valence-corrected chi connectivity index (χ1v) is 13.6. The molecule has 6 nitrogen and oxygen atoms in total. The quantitative estimate of drug-likeness (QED) is 0.363. The summed E-state index contributed by atoms with van der Waals surface area (Å²) < 4.78 is 3.04. The van der Waals surface area contributed by atoms with E-state index in [1.807, 2.05) is 68.4 Å². The predicted octanol–water partition coefficient (Wildman–Crippen LogP) is 2.14. The molecule has 2 N–H and O–H groups in total. The molecule has 182 valence electrons. The summed E-state index contributed by atoms with van der Waals surface area (Å²) in [5.41, 5.74) is 2.94. The van der Waals surface area contributed by atoms with E-state index in [0.29, 0.717) is 24.3 Å². The molecule has 8 heteroatoms. The molecule has 0 bridgehead atoms. The number of hydrogen-bond acceptors (Lipinski definition) is 5. The molecule has 2 unspecified atom stereocenters. The van der Waals surface area contributed by atoms with Crippen LogP contribution < -0.4 is 15.1 Å². The lowest BCUT2D eigenvalue weighted by Crippen LogP contribution is -2.52. The number of carboxylic acid groups (broad SMARTS) is 1. The van der Waals surface area contributed by atoms with Crippen LogP contribution in [0.15, 0.2) is 54.6 Å². The van der Waals surface area contributed by atoms with Gasteiger partial charge in [-0.1, -0.05) is 68.4 Å². The Bertz CT molecular complexity index is 974. The summed E-state index contributed by atoms with van der Waals surface area (Å²) in [6.45, 7) is 3.90. The first-order valence-electron chi connectivity index (χ1n) is 11.6. The highest BCUT2D eigenvalue weighted by atomic mass is 32.2. The highest BCUT2D eigenvalue weighted by Gasteiger charge is 2.35. The molecule has 1 aliphatic heterocycles. The SMILES string of the molecule is CC(C)C(S)C(=O)N[S+]1CCC(C(=O)NC(Cc2ccc(-c3ccccc3)cc2)C(=O)[O-])CC1. The first kappa shape index (κ1) is 26.2. The van der Waals surface area contributed by atoms with Gasteiger partial charge < -0.3 is 15.2 Å². The van der Waals surface area contributed by atoms with E-state index in [4.69, 9.17) is 0 Å². The van der Waals surface area contributed by atoms with Gasteiger partial charge in [0.05, 0.1) is 17.3 Å². The van der Waals surface area contributed by atoms with Crippen LogP contribution in [0, 0.1) is 11.8 Å². The van der Waals surface area contributed by atoms with Gasteiger partial charge in [0.1, 0.15) is 22.6 Å². The van der Waals surface area contributed by atoms with Crippen molar-refractivity contribution in [2.45, 2.75) is 44.4 Å². The van der Waals surface area contributed by atoms with Crippen molar-refractivity contribution < 1.29 is 19.5 Å².